The van der Waals surface area contributed by atoms with E-state index in [-0.39, 0.29) is 0 Å². The van der Waals surface area contributed by atoms with Gasteiger partial charge in [0.15, 0.2) is 0 Å². The molecule has 0 aromatic heterocycles. The van der Waals surface area contributed by atoms with Crippen LogP contribution in [0.5, 0.6) is 0 Å². The molecule has 0 N–H and O–H groups in total. The fraction of sp³-hybridized carbons (Fsp3) is 0.238. The smallest absolute Gasteiger partial charge is 0.243 e. The maximum absolute atomic E-state index is 13.3. The molecule has 0 radical (unpaired) electrons. The Balaban J connectivity index is 1.59. The van der Waals surface area contributed by atoms with E-state index in [1.807, 2.05) is 24.3 Å². The molecule has 4 nitrogen and oxygen atoms in total. The van der Waals surface area contributed by atoms with Gasteiger partial charge in [-0.3, -0.25) is 0 Å². The SMILES string of the molecule is Cc1ccc(N2CCN(S(=O)(=O)c3ccc(Cl)c4ccccc34)CC2)cc1. The Morgan fingerprint density at radius 3 is 2.11 bits per heavy atom. The molecule has 1 aliphatic rings. The summed E-state index contributed by atoms with van der Waals surface area (Å²) in [6.45, 7) is 4.34. The summed E-state index contributed by atoms with van der Waals surface area (Å²) in [5.41, 5.74) is 2.35. The van der Waals surface area contributed by atoms with Crippen molar-refractivity contribution < 1.29 is 8.42 Å². The van der Waals surface area contributed by atoms with Crippen molar-refractivity contribution in [2.75, 3.05) is 31.1 Å². The van der Waals surface area contributed by atoms with Crippen LogP contribution in [0.25, 0.3) is 10.8 Å². The van der Waals surface area contributed by atoms with Crippen molar-refractivity contribution in [3.8, 4) is 0 Å². The van der Waals surface area contributed by atoms with Gasteiger partial charge >= 0.3 is 0 Å². The van der Waals surface area contributed by atoms with Gasteiger partial charge in [-0.15, -0.1) is 0 Å². The molecule has 0 saturated carbocycles. The van der Waals surface area contributed by atoms with Crippen LogP contribution in [0, 0.1) is 6.92 Å². The number of piperazine rings is 1. The highest BCUT2D eigenvalue weighted by atomic mass is 35.5. The Morgan fingerprint density at radius 1 is 0.815 bits per heavy atom. The molecule has 0 spiro atoms. The van der Waals surface area contributed by atoms with Gasteiger partial charge in [0.1, 0.15) is 0 Å². The average Bonchev–Trinajstić information content (AvgIpc) is 2.69. The first-order valence-electron chi connectivity index (χ1n) is 8.96. The van der Waals surface area contributed by atoms with Gasteiger partial charge in [0.2, 0.25) is 10.0 Å². The first kappa shape index (κ1) is 18.3. The topological polar surface area (TPSA) is 40.6 Å². The molecule has 0 unspecified atom stereocenters. The van der Waals surface area contributed by atoms with Crippen LogP contribution < -0.4 is 4.90 Å². The highest BCUT2D eigenvalue weighted by Gasteiger charge is 2.30. The minimum absolute atomic E-state index is 0.325. The standard InChI is InChI=1S/C21H21ClN2O2S/c1-16-6-8-17(9-7-16)23-12-14-24(15-13-23)27(25,26)21-11-10-20(22)18-4-2-3-5-19(18)21/h2-11H,12-15H2,1H3. The van der Waals surface area contributed by atoms with Gasteiger partial charge in [-0.25, -0.2) is 8.42 Å². The molecule has 0 aliphatic carbocycles. The molecule has 6 heteroatoms. The lowest BCUT2D eigenvalue weighted by atomic mass is 10.1. The molecule has 1 saturated heterocycles. The Kier molecular flexibility index (Phi) is 4.84. The van der Waals surface area contributed by atoms with E-state index in [0.717, 1.165) is 11.1 Å². The zero-order valence-corrected chi connectivity index (χ0v) is 16.7. The van der Waals surface area contributed by atoms with E-state index in [0.29, 0.717) is 41.5 Å². The maximum atomic E-state index is 13.3. The summed E-state index contributed by atoms with van der Waals surface area (Å²) in [5.74, 6) is 0. The number of sulfonamides is 1. The van der Waals surface area contributed by atoms with Crippen molar-refractivity contribution in [3.63, 3.8) is 0 Å². The molecular formula is C21H21ClN2O2S. The first-order chi connectivity index (χ1) is 13.0. The van der Waals surface area contributed by atoms with Gasteiger partial charge < -0.3 is 4.90 Å². The Morgan fingerprint density at radius 2 is 1.44 bits per heavy atom. The summed E-state index contributed by atoms with van der Waals surface area (Å²) in [6, 6.07) is 19.0. The molecule has 3 aromatic rings. The molecule has 0 bridgehead atoms. The fourth-order valence-electron chi connectivity index (χ4n) is 3.54. The highest BCUT2D eigenvalue weighted by molar-refractivity contribution is 7.89. The summed E-state index contributed by atoms with van der Waals surface area (Å²) in [4.78, 5) is 2.55. The van der Waals surface area contributed by atoms with E-state index in [9.17, 15) is 8.42 Å². The second-order valence-corrected chi connectivity index (χ2v) is 9.13. The third-order valence-corrected chi connectivity index (χ3v) is 7.37. The summed E-state index contributed by atoms with van der Waals surface area (Å²) in [7, 11) is -3.57. The van der Waals surface area contributed by atoms with Crippen LogP contribution in [0.2, 0.25) is 5.02 Å². The minimum atomic E-state index is -3.57. The van der Waals surface area contributed by atoms with Gasteiger partial charge in [0.05, 0.1) is 4.90 Å². The van der Waals surface area contributed by atoms with Crippen molar-refractivity contribution in [3.05, 3.63) is 71.2 Å². The van der Waals surface area contributed by atoms with Gasteiger partial charge in [-0.2, -0.15) is 4.31 Å². The number of fused-ring (bicyclic) bond motifs is 1. The minimum Gasteiger partial charge on any atom is -0.369 e. The summed E-state index contributed by atoms with van der Waals surface area (Å²) >= 11 is 6.25. The largest absolute Gasteiger partial charge is 0.369 e. The predicted octanol–water partition coefficient (Wildman–Crippen LogP) is 4.31. The second-order valence-electron chi connectivity index (χ2n) is 6.82. The highest BCUT2D eigenvalue weighted by Crippen LogP contribution is 2.31. The zero-order valence-electron chi connectivity index (χ0n) is 15.1. The molecule has 4 rings (SSSR count). The van der Waals surface area contributed by atoms with Crippen molar-refractivity contribution in [1.82, 2.24) is 4.31 Å². The number of nitrogens with zero attached hydrogens (tertiary/aromatic N) is 2. The van der Waals surface area contributed by atoms with Gasteiger partial charge in [-0.1, -0.05) is 53.6 Å². The van der Waals surface area contributed by atoms with Gasteiger partial charge in [0.25, 0.3) is 0 Å². The van der Waals surface area contributed by atoms with Crippen LogP contribution in [0.3, 0.4) is 0 Å². The number of hydrogen-bond acceptors (Lipinski definition) is 3. The van der Waals surface area contributed by atoms with E-state index >= 15 is 0 Å². The van der Waals surface area contributed by atoms with E-state index in [2.05, 4.69) is 36.1 Å². The number of hydrogen-bond donors (Lipinski definition) is 0. The van der Waals surface area contributed by atoms with Crippen molar-refractivity contribution in [2.24, 2.45) is 0 Å². The lowest BCUT2D eigenvalue weighted by Gasteiger charge is -2.35. The normalized spacial score (nSPS) is 16.0. The van der Waals surface area contributed by atoms with Crippen LogP contribution in [0.1, 0.15) is 5.56 Å². The van der Waals surface area contributed by atoms with Crippen molar-refractivity contribution >= 4 is 38.1 Å². The third kappa shape index (κ3) is 3.43. The van der Waals surface area contributed by atoms with Crippen LogP contribution in [-0.4, -0.2) is 38.9 Å². The van der Waals surface area contributed by atoms with Crippen LogP contribution in [0.15, 0.2) is 65.6 Å². The Bertz CT molecular complexity index is 1070. The number of halogens is 1. The Hall–Kier alpha value is -2.08. The number of benzene rings is 3. The van der Waals surface area contributed by atoms with Crippen LogP contribution in [0.4, 0.5) is 5.69 Å². The van der Waals surface area contributed by atoms with E-state index in [4.69, 9.17) is 11.6 Å². The molecule has 1 heterocycles. The van der Waals surface area contributed by atoms with E-state index in [1.165, 1.54) is 5.56 Å². The zero-order chi connectivity index (χ0) is 19.0. The van der Waals surface area contributed by atoms with Crippen molar-refractivity contribution in [2.45, 2.75) is 11.8 Å². The third-order valence-electron chi connectivity index (χ3n) is 5.09. The maximum Gasteiger partial charge on any atom is 0.243 e. The molecule has 1 aliphatic heterocycles. The van der Waals surface area contributed by atoms with Gasteiger partial charge in [-0.05, 0) is 31.2 Å². The summed E-state index contributed by atoms with van der Waals surface area (Å²) < 4.78 is 28.1. The van der Waals surface area contributed by atoms with Crippen LogP contribution >= 0.6 is 11.6 Å². The van der Waals surface area contributed by atoms with E-state index in [1.54, 1.807) is 16.4 Å². The molecular weight excluding hydrogens is 380 g/mol. The molecule has 3 aromatic carbocycles. The molecule has 1 fully saturated rings. The molecule has 0 atom stereocenters. The average molecular weight is 401 g/mol. The monoisotopic (exact) mass is 400 g/mol. The number of aryl methyl sites for hydroxylation is 1. The van der Waals surface area contributed by atoms with Crippen LogP contribution in [-0.2, 0) is 10.0 Å². The molecule has 27 heavy (non-hydrogen) atoms. The summed E-state index contributed by atoms with van der Waals surface area (Å²) in [5, 5.41) is 2.00. The fourth-order valence-corrected chi connectivity index (χ4v) is 5.39. The van der Waals surface area contributed by atoms with Gasteiger partial charge in [0, 0.05) is 47.7 Å². The second kappa shape index (κ2) is 7.15. The number of rotatable bonds is 3. The predicted molar refractivity (Wildman–Crippen MR) is 111 cm³/mol. The lowest BCUT2D eigenvalue weighted by molar-refractivity contribution is 0.385. The molecule has 0 amide bonds. The Labute approximate surface area is 165 Å². The number of anilines is 1. The first-order valence-corrected chi connectivity index (χ1v) is 10.8. The molecule has 140 valence electrons. The summed E-state index contributed by atoms with van der Waals surface area (Å²) in [6.07, 6.45) is 0. The lowest BCUT2D eigenvalue weighted by Crippen LogP contribution is -2.48. The van der Waals surface area contributed by atoms with E-state index < -0.39 is 10.0 Å². The quantitative estimate of drug-likeness (QED) is 0.657. The van der Waals surface area contributed by atoms with Crippen molar-refractivity contribution in [1.29, 1.82) is 0 Å².